The lowest BCUT2D eigenvalue weighted by Crippen LogP contribution is -2.26. The fourth-order valence-corrected chi connectivity index (χ4v) is 19.2. The lowest BCUT2D eigenvalue weighted by Gasteiger charge is -2.19. The van der Waals surface area contributed by atoms with E-state index in [9.17, 15) is 66.0 Å². The summed E-state index contributed by atoms with van der Waals surface area (Å²) in [5, 5.41) is 22.9. The second kappa shape index (κ2) is 38.1. The van der Waals surface area contributed by atoms with Gasteiger partial charge in [-0.3, -0.25) is 38.3 Å². The number of aryl methyl sites for hydroxylation is 1. The van der Waals surface area contributed by atoms with E-state index >= 15 is 0 Å². The van der Waals surface area contributed by atoms with Crippen molar-refractivity contribution in [1.29, 1.82) is 0 Å². The van der Waals surface area contributed by atoms with Crippen LogP contribution < -0.4 is 50.4 Å². The Kier molecular flexibility index (Phi) is 27.1. The van der Waals surface area contributed by atoms with Gasteiger partial charge >= 0.3 is 12.2 Å². The molecule has 121 heavy (non-hydrogen) atoms. The number of benzene rings is 8. The fourth-order valence-electron chi connectivity index (χ4n) is 12.0. The number of pyridine rings is 1. The van der Waals surface area contributed by atoms with Crippen LogP contribution in [0.4, 0.5) is 72.6 Å². The summed E-state index contributed by atoms with van der Waals surface area (Å²) in [6, 6.07) is 52.1. The number of rotatable bonds is 25. The molecule has 16 rings (SSSR count). The van der Waals surface area contributed by atoms with Crippen molar-refractivity contribution < 1.29 is 66.0 Å². The van der Waals surface area contributed by atoms with Crippen molar-refractivity contribution in [3.05, 3.63) is 276 Å². The first-order valence-corrected chi connectivity index (χ1v) is 45.7. The average Bonchev–Trinajstić information content (AvgIpc) is 1.65. The maximum atomic E-state index is 13.1. The van der Waals surface area contributed by atoms with E-state index in [1.54, 1.807) is 59.7 Å². The average molecular weight is 1810 g/mol. The van der Waals surface area contributed by atoms with Crippen molar-refractivity contribution >= 4 is 208 Å². The van der Waals surface area contributed by atoms with Crippen LogP contribution in [0.2, 0.25) is 5.02 Å². The molecule has 0 spiro atoms. The maximum Gasteiger partial charge on any atom is 0.416 e. The number of hydrogen-bond acceptors (Lipinski definition) is 23. The zero-order valence-corrected chi connectivity index (χ0v) is 70.1. The summed E-state index contributed by atoms with van der Waals surface area (Å²) in [5.41, 5.74) is 6.28. The molecule has 7 aromatic heterocycles. The molecule has 0 saturated carbocycles. The Labute approximate surface area is 711 Å². The van der Waals surface area contributed by atoms with Crippen LogP contribution in [0, 0.1) is 0 Å². The van der Waals surface area contributed by atoms with Gasteiger partial charge in [-0.15, -0.1) is 34.0 Å². The number of urea groups is 1. The first kappa shape index (κ1) is 86.1. The first-order chi connectivity index (χ1) is 57.9. The molecule has 5 amide bonds. The SMILES string of the molecule is CC(C(=O)Nc1ccc(S(=O)(=O)Nc2nccs2)cc1)n1ccc2ccc(C(F)(F)F)cc21.O=C(CCN1CCc2ccccc21)Nc1ccc(S(=O)(=O)Nc2nccs2)cc1.O=C(CCn1ccc2ccc(Cl)cc21)Nc1ccc(S(=O)(=O)Nc2ncns2)cc1.O=C(Nc1ccc(S(=O)(=O)Nc2nccs2)cc1)Nc1ccc2ncccc2c1. The van der Waals surface area contributed by atoms with Gasteiger partial charge in [-0.25, -0.2) is 58.4 Å². The summed E-state index contributed by atoms with van der Waals surface area (Å²) < 4.78 is 155. The predicted octanol–water partition coefficient (Wildman–Crippen LogP) is 16.6. The summed E-state index contributed by atoms with van der Waals surface area (Å²) in [7, 11) is -15.0. The molecule has 0 bridgehead atoms. The molecule has 9 N–H and O–H groups in total. The highest BCUT2D eigenvalue weighted by Crippen LogP contribution is 2.35. The number of amides is 5. The highest BCUT2D eigenvalue weighted by Gasteiger charge is 2.32. The number of fused-ring (bicyclic) bond motifs is 4. The number of hydrogen-bond donors (Lipinski definition) is 9. The van der Waals surface area contributed by atoms with Gasteiger partial charge in [0.05, 0.1) is 30.7 Å². The van der Waals surface area contributed by atoms with Crippen molar-refractivity contribution in [3.8, 4) is 0 Å². The largest absolute Gasteiger partial charge is 0.416 e. The number of sulfonamides is 4. The summed E-state index contributed by atoms with van der Waals surface area (Å²) >= 11 is 10.5. The number of halogens is 4. The van der Waals surface area contributed by atoms with Crippen LogP contribution >= 0.6 is 57.1 Å². The third kappa shape index (κ3) is 23.0. The Morgan fingerprint density at radius 1 is 0.471 bits per heavy atom. The molecule has 0 fully saturated rings. The number of nitrogens with one attached hydrogen (secondary N) is 9. The zero-order chi connectivity index (χ0) is 85.5. The van der Waals surface area contributed by atoms with Crippen LogP contribution in [-0.4, -0.2) is 109 Å². The van der Waals surface area contributed by atoms with E-state index < -0.39 is 69.8 Å². The minimum absolute atomic E-state index is 0.0140. The van der Waals surface area contributed by atoms with E-state index in [2.05, 4.69) is 91.8 Å². The van der Waals surface area contributed by atoms with E-state index in [0.717, 1.165) is 69.8 Å². The van der Waals surface area contributed by atoms with Gasteiger partial charge in [0.2, 0.25) is 22.9 Å². The highest BCUT2D eigenvalue weighted by molar-refractivity contribution is 7.93. The number of para-hydroxylation sites is 1. The Balaban J connectivity index is 0.000000139. The smallest absolute Gasteiger partial charge is 0.370 e. The molecule has 1 aliphatic rings. The van der Waals surface area contributed by atoms with Crippen LogP contribution in [0.3, 0.4) is 0 Å². The first-order valence-electron chi connectivity index (χ1n) is 36.0. The van der Waals surface area contributed by atoms with Gasteiger partial charge in [-0.2, -0.15) is 17.5 Å². The van der Waals surface area contributed by atoms with Crippen molar-refractivity contribution in [2.24, 2.45) is 0 Å². The lowest BCUT2D eigenvalue weighted by atomic mass is 10.1. The molecular weight excluding hydrogens is 1740 g/mol. The summed E-state index contributed by atoms with van der Waals surface area (Å²) in [6.07, 6.45) is 8.09. The third-order valence-electron chi connectivity index (χ3n) is 17.9. The van der Waals surface area contributed by atoms with E-state index in [4.69, 9.17) is 11.6 Å². The molecule has 15 aromatic rings. The zero-order valence-electron chi connectivity index (χ0n) is 62.8. The van der Waals surface area contributed by atoms with E-state index in [0.29, 0.717) is 63.5 Å². The maximum absolute atomic E-state index is 13.1. The number of anilines is 10. The minimum Gasteiger partial charge on any atom is -0.370 e. The minimum atomic E-state index is -4.49. The third-order valence-corrected chi connectivity index (χ3v) is 26.7. The van der Waals surface area contributed by atoms with Gasteiger partial charge in [-0.1, -0.05) is 48.0 Å². The number of aromatic nitrogens is 8. The molecule has 0 radical (unpaired) electrons. The van der Waals surface area contributed by atoms with Crippen LogP contribution in [0.1, 0.15) is 36.9 Å². The second-order valence-electron chi connectivity index (χ2n) is 26.1. The number of thiazole rings is 3. The molecule has 8 heterocycles. The van der Waals surface area contributed by atoms with Crippen molar-refractivity contribution in [3.63, 3.8) is 0 Å². The van der Waals surface area contributed by atoms with Crippen LogP contribution in [0.25, 0.3) is 32.7 Å². The van der Waals surface area contributed by atoms with Gasteiger partial charge in [-0.05, 0) is 193 Å². The summed E-state index contributed by atoms with van der Waals surface area (Å²) in [6.45, 7) is 3.62. The molecule has 1 atom stereocenters. The second-order valence-corrected chi connectivity index (χ2v) is 36.7. The Hall–Kier alpha value is -12.7. The summed E-state index contributed by atoms with van der Waals surface area (Å²) in [4.78, 5) is 71.8. The predicted molar refractivity (Wildman–Crippen MR) is 466 cm³/mol. The van der Waals surface area contributed by atoms with Crippen molar-refractivity contribution in [2.45, 2.75) is 64.5 Å². The molecule has 42 heteroatoms. The Bertz CT molecular complexity index is 6650. The highest BCUT2D eigenvalue weighted by atomic mass is 35.5. The molecule has 1 unspecified atom stereocenters. The van der Waals surface area contributed by atoms with E-state index in [1.165, 1.54) is 154 Å². The topological polar surface area (TPSA) is 404 Å². The molecule has 8 aromatic carbocycles. The number of carbonyl (C=O) groups is 4. The molecular formula is C79H68ClF3N18O12S8. The standard InChI is InChI=1S/C21H17F3N4O3S2.C20H20N4O3S2.C19H16ClN5O3S2.C19H15N5O3S2/c1-13(28-10-8-14-2-3-15(12-18(14)28)21(22,23)24)19(29)26-16-4-6-17(7-5-16)33(30,31)27-20-25-9-11-32-20;25-19(10-13-24-12-9-15-3-1-2-4-18(15)24)22-16-5-7-17(8-6-16)29(26,27)23-20-21-11-14-28-20;20-14-2-1-13-7-9-25(17(13)11-14)10-8-18(26)23-15-3-5-16(6-4-15)30(27,28)24-19-21-12-22-29-19;25-18(23-15-5-8-17-13(12-15)2-1-9-20-17)22-14-3-6-16(7-4-14)29(26,27)24-19-21-10-11-28-19/h2-13H,1H3,(H,25,27)(H,26,29);1-8,11,14H,9-10,12-13H2,(H,21,23)(H,22,25);1-7,9,11-12H,8,10H2,(H,23,26)(H,21,22,24);1-12H,(H,21,24)(H2,22,23,25). The number of carbonyl (C=O) groups excluding carboxylic acids is 4. The van der Waals surface area contributed by atoms with Crippen molar-refractivity contribution in [1.82, 2.24) is 38.4 Å². The van der Waals surface area contributed by atoms with Gasteiger partial charge in [0.25, 0.3) is 40.1 Å². The van der Waals surface area contributed by atoms with Crippen LogP contribution in [0.5, 0.6) is 0 Å². The Morgan fingerprint density at radius 2 is 0.959 bits per heavy atom. The van der Waals surface area contributed by atoms with Gasteiger partial charge in [0.15, 0.2) is 15.4 Å². The number of alkyl halides is 3. The number of nitrogens with zero attached hydrogens (tertiary/aromatic N) is 9. The molecule has 1 aliphatic heterocycles. The summed E-state index contributed by atoms with van der Waals surface area (Å²) in [5.74, 6) is -0.756. The Morgan fingerprint density at radius 3 is 1.49 bits per heavy atom. The van der Waals surface area contributed by atoms with Gasteiger partial charge in [0, 0.05) is 153 Å². The fraction of sp³-hybridized carbons (Fsp3) is 0.114. The van der Waals surface area contributed by atoms with Crippen LogP contribution in [0.15, 0.2) is 279 Å². The monoisotopic (exact) mass is 1810 g/mol. The quantitative estimate of drug-likeness (QED) is 0.0257. The van der Waals surface area contributed by atoms with Gasteiger partial charge in [0.1, 0.15) is 12.4 Å². The molecule has 30 nitrogen and oxygen atoms in total. The molecule has 0 aliphatic carbocycles. The normalized spacial score (nSPS) is 12.3. The van der Waals surface area contributed by atoms with Crippen LogP contribution in [-0.2, 0) is 73.6 Å². The van der Waals surface area contributed by atoms with Gasteiger partial charge < -0.3 is 40.6 Å². The van der Waals surface area contributed by atoms with E-state index in [1.807, 2.05) is 71.4 Å². The molecule has 0 saturated heterocycles. The van der Waals surface area contributed by atoms with Crippen molar-refractivity contribution in [2.75, 3.05) is 63.5 Å². The molecule has 622 valence electrons. The lowest BCUT2D eigenvalue weighted by molar-refractivity contribution is -0.137. The van der Waals surface area contributed by atoms with E-state index in [-0.39, 0.29) is 58.7 Å².